The quantitative estimate of drug-likeness (QED) is 0.793. The lowest BCUT2D eigenvalue weighted by Gasteiger charge is -2.12. The molecule has 0 bridgehead atoms. The zero-order valence-corrected chi connectivity index (χ0v) is 11.9. The van der Waals surface area contributed by atoms with Crippen LogP contribution in [-0.4, -0.2) is 18.4 Å². The number of nitrogens with zero attached hydrogens (tertiary/aromatic N) is 1. The minimum absolute atomic E-state index is 0.330. The molecular weight excluding hydrogens is 310 g/mol. The van der Waals surface area contributed by atoms with Gasteiger partial charge in [-0.2, -0.15) is 0 Å². The highest BCUT2D eigenvalue weighted by Gasteiger charge is 2.11. The Morgan fingerprint density at radius 1 is 1.37 bits per heavy atom. The molecule has 0 saturated heterocycles. The molecule has 0 N–H and O–H groups in total. The third kappa shape index (κ3) is 3.32. The van der Waals surface area contributed by atoms with Gasteiger partial charge in [-0.05, 0) is 40.2 Å². The molecule has 0 aliphatic rings. The molecule has 0 aliphatic carbocycles. The van der Waals surface area contributed by atoms with Crippen LogP contribution in [0.1, 0.15) is 16.1 Å². The van der Waals surface area contributed by atoms with E-state index in [0.717, 1.165) is 12.0 Å². The third-order valence-corrected chi connectivity index (χ3v) is 3.07. The van der Waals surface area contributed by atoms with E-state index in [1.807, 2.05) is 18.2 Å². The van der Waals surface area contributed by atoms with Crippen LogP contribution >= 0.6 is 15.9 Å². The number of pyridine rings is 1. The Labute approximate surface area is 119 Å². The van der Waals surface area contributed by atoms with Crippen molar-refractivity contribution in [2.24, 2.45) is 0 Å². The lowest BCUT2D eigenvalue weighted by atomic mass is 10.2. The van der Waals surface area contributed by atoms with Crippen LogP contribution in [0.5, 0.6) is 11.5 Å². The summed E-state index contributed by atoms with van der Waals surface area (Å²) >= 11 is 3.37. The Bertz CT molecular complexity index is 572. The fourth-order valence-electron chi connectivity index (χ4n) is 1.58. The maximum absolute atomic E-state index is 10.8. The van der Waals surface area contributed by atoms with E-state index in [1.54, 1.807) is 18.3 Å². The van der Waals surface area contributed by atoms with Crippen molar-refractivity contribution in [3.05, 3.63) is 52.3 Å². The van der Waals surface area contributed by atoms with Crippen molar-refractivity contribution in [1.82, 2.24) is 4.98 Å². The first kappa shape index (κ1) is 13.5. The predicted octanol–water partition coefficient (Wildman–Crippen LogP) is 3.24. The first-order valence-corrected chi connectivity index (χ1v) is 6.39. The summed E-state index contributed by atoms with van der Waals surface area (Å²) in [5.74, 6) is 1.06. The lowest BCUT2D eigenvalue weighted by Crippen LogP contribution is -2.00. The van der Waals surface area contributed by atoms with Crippen LogP contribution in [0.2, 0.25) is 0 Å². The number of carbonyl (C=O) groups excluding carboxylic acids is 1. The Morgan fingerprint density at radius 3 is 2.84 bits per heavy atom. The second-order valence-electron chi connectivity index (χ2n) is 3.76. The van der Waals surface area contributed by atoms with Gasteiger partial charge in [-0.3, -0.25) is 9.78 Å². The van der Waals surface area contributed by atoms with E-state index in [9.17, 15) is 4.79 Å². The molecule has 0 aliphatic heterocycles. The van der Waals surface area contributed by atoms with Crippen molar-refractivity contribution < 1.29 is 14.3 Å². The average molecular weight is 322 g/mol. The van der Waals surface area contributed by atoms with Crippen LogP contribution in [0, 0.1) is 0 Å². The largest absolute Gasteiger partial charge is 0.493 e. The number of aromatic nitrogens is 1. The van der Waals surface area contributed by atoms with Crippen molar-refractivity contribution in [3.8, 4) is 11.5 Å². The van der Waals surface area contributed by atoms with Gasteiger partial charge in [0, 0.05) is 11.8 Å². The SMILES string of the molecule is COc1cc(C=O)cc(Br)c1OCc1ccccn1. The highest BCUT2D eigenvalue weighted by molar-refractivity contribution is 9.10. The smallest absolute Gasteiger partial charge is 0.175 e. The highest BCUT2D eigenvalue weighted by Crippen LogP contribution is 2.36. The van der Waals surface area contributed by atoms with Gasteiger partial charge in [-0.15, -0.1) is 0 Å². The number of halogens is 1. The molecule has 0 amide bonds. The number of rotatable bonds is 5. The van der Waals surface area contributed by atoms with Crippen molar-refractivity contribution >= 4 is 22.2 Å². The highest BCUT2D eigenvalue weighted by atomic mass is 79.9. The topological polar surface area (TPSA) is 48.4 Å². The van der Waals surface area contributed by atoms with Gasteiger partial charge in [0.25, 0.3) is 0 Å². The van der Waals surface area contributed by atoms with Crippen LogP contribution in [0.15, 0.2) is 41.0 Å². The van der Waals surface area contributed by atoms with Crippen molar-refractivity contribution in [3.63, 3.8) is 0 Å². The summed E-state index contributed by atoms with van der Waals surface area (Å²) in [6, 6.07) is 8.93. The molecule has 0 radical (unpaired) electrons. The number of methoxy groups -OCH3 is 1. The maximum Gasteiger partial charge on any atom is 0.175 e. The number of aldehydes is 1. The number of ether oxygens (including phenoxy) is 2. The molecule has 98 valence electrons. The van der Waals surface area contributed by atoms with Crippen LogP contribution in [-0.2, 0) is 6.61 Å². The van der Waals surface area contributed by atoms with E-state index >= 15 is 0 Å². The lowest BCUT2D eigenvalue weighted by molar-refractivity contribution is 0.112. The van der Waals surface area contributed by atoms with Gasteiger partial charge in [-0.1, -0.05) is 6.07 Å². The predicted molar refractivity (Wildman–Crippen MR) is 74.7 cm³/mol. The molecular formula is C14H12BrNO3. The molecule has 1 aromatic heterocycles. The normalized spacial score (nSPS) is 10.0. The minimum atomic E-state index is 0.330. The third-order valence-electron chi connectivity index (χ3n) is 2.48. The summed E-state index contributed by atoms with van der Waals surface area (Å²) < 4.78 is 11.6. The number of carbonyl (C=O) groups is 1. The molecule has 0 atom stereocenters. The summed E-state index contributed by atoms with van der Waals surface area (Å²) in [4.78, 5) is 15.0. The zero-order valence-electron chi connectivity index (χ0n) is 10.3. The van der Waals surface area contributed by atoms with Gasteiger partial charge in [0.2, 0.25) is 0 Å². The molecule has 0 unspecified atom stereocenters. The van der Waals surface area contributed by atoms with Crippen LogP contribution in [0.4, 0.5) is 0 Å². The Balaban J connectivity index is 2.22. The molecule has 2 aromatic rings. The first-order chi connectivity index (χ1) is 9.24. The average Bonchev–Trinajstić information content (AvgIpc) is 2.46. The van der Waals surface area contributed by atoms with E-state index < -0.39 is 0 Å². The van der Waals surface area contributed by atoms with E-state index in [2.05, 4.69) is 20.9 Å². The van der Waals surface area contributed by atoms with Gasteiger partial charge in [0.05, 0.1) is 17.3 Å². The molecule has 0 spiro atoms. The Hall–Kier alpha value is -1.88. The van der Waals surface area contributed by atoms with Gasteiger partial charge >= 0.3 is 0 Å². The van der Waals surface area contributed by atoms with E-state index in [4.69, 9.17) is 9.47 Å². The van der Waals surface area contributed by atoms with Crippen molar-refractivity contribution in [1.29, 1.82) is 0 Å². The summed E-state index contributed by atoms with van der Waals surface area (Å²) in [5, 5.41) is 0. The first-order valence-electron chi connectivity index (χ1n) is 5.60. The fourth-order valence-corrected chi connectivity index (χ4v) is 2.15. The standard InChI is InChI=1S/C14H12BrNO3/c1-18-13-7-10(8-17)6-12(15)14(13)19-9-11-4-2-3-5-16-11/h2-8H,9H2,1H3. The molecule has 0 fully saturated rings. The monoisotopic (exact) mass is 321 g/mol. The summed E-state index contributed by atoms with van der Waals surface area (Å²) in [7, 11) is 1.53. The second kappa shape index (κ2) is 6.33. The number of benzene rings is 1. The van der Waals surface area contributed by atoms with Crippen LogP contribution < -0.4 is 9.47 Å². The molecule has 2 rings (SSSR count). The van der Waals surface area contributed by atoms with E-state index in [0.29, 0.717) is 28.1 Å². The van der Waals surface area contributed by atoms with Gasteiger partial charge in [0.1, 0.15) is 12.9 Å². The second-order valence-corrected chi connectivity index (χ2v) is 4.62. The molecule has 5 heteroatoms. The van der Waals surface area contributed by atoms with E-state index in [1.165, 1.54) is 7.11 Å². The van der Waals surface area contributed by atoms with Crippen molar-refractivity contribution in [2.75, 3.05) is 7.11 Å². The molecule has 19 heavy (non-hydrogen) atoms. The van der Waals surface area contributed by atoms with Crippen LogP contribution in [0.25, 0.3) is 0 Å². The van der Waals surface area contributed by atoms with Gasteiger partial charge in [-0.25, -0.2) is 0 Å². The van der Waals surface area contributed by atoms with Crippen LogP contribution in [0.3, 0.4) is 0 Å². The van der Waals surface area contributed by atoms with Gasteiger partial charge in [0.15, 0.2) is 11.5 Å². The minimum Gasteiger partial charge on any atom is -0.493 e. The summed E-state index contributed by atoms with van der Waals surface area (Å²) in [5.41, 5.74) is 1.34. The maximum atomic E-state index is 10.8. The fraction of sp³-hybridized carbons (Fsp3) is 0.143. The molecule has 4 nitrogen and oxygen atoms in total. The molecule has 0 saturated carbocycles. The number of hydrogen-bond acceptors (Lipinski definition) is 4. The Kier molecular flexibility index (Phi) is 4.52. The molecule has 1 heterocycles. The summed E-state index contributed by atoms with van der Waals surface area (Å²) in [6.07, 6.45) is 2.47. The molecule has 1 aromatic carbocycles. The number of hydrogen-bond donors (Lipinski definition) is 0. The summed E-state index contributed by atoms with van der Waals surface area (Å²) in [6.45, 7) is 0.330. The van der Waals surface area contributed by atoms with Gasteiger partial charge < -0.3 is 9.47 Å². The van der Waals surface area contributed by atoms with Crippen molar-refractivity contribution in [2.45, 2.75) is 6.61 Å². The zero-order chi connectivity index (χ0) is 13.7. The van der Waals surface area contributed by atoms with E-state index in [-0.39, 0.29) is 0 Å². The Morgan fingerprint density at radius 2 is 2.21 bits per heavy atom.